The summed E-state index contributed by atoms with van der Waals surface area (Å²) >= 11 is 17.0. The van der Waals surface area contributed by atoms with E-state index in [2.05, 4.69) is 10.6 Å². The standard InChI is InChI=1S/C17H16Cl2N2O2S/c18-12-8-9-15(14(19)11-12)20-17(24)21-16(22)7-4-10-23-13-5-2-1-3-6-13/h1-3,5-6,8-9,11H,4,7,10H2,(H2,20,21,22,24). The Balaban J connectivity index is 1.69. The summed E-state index contributed by atoms with van der Waals surface area (Å²) in [6.07, 6.45) is 0.897. The SMILES string of the molecule is O=C(CCCOc1ccccc1)NC(=S)Nc1ccc(Cl)cc1Cl. The molecule has 1 amide bonds. The molecule has 0 bridgehead atoms. The van der Waals surface area contributed by atoms with E-state index in [9.17, 15) is 4.79 Å². The van der Waals surface area contributed by atoms with Crippen LogP contribution in [0.15, 0.2) is 48.5 Å². The summed E-state index contributed by atoms with van der Waals surface area (Å²) in [7, 11) is 0. The molecule has 2 aromatic rings. The Kier molecular flexibility index (Phi) is 7.31. The van der Waals surface area contributed by atoms with E-state index in [0.717, 1.165) is 5.75 Å². The number of ether oxygens (including phenoxy) is 1. The van der Waals surface area contributed by atoms with Crippen LogP contribution in [0.5, 0.6) is 5.75 Å². The van der Waals surface area contributed by atoms with Crippen LogP contribution in [0.25, 0.3) is 0 Å². The summed E-state index contributed by atoms with van der Waals surface area (Å²) in [5.74, 6) is 0.599. The van der Waals surface area contributed by atoms with Crippen molar-refractivity contribution in [2.45, 2.75) is 12.8 Å². The van der Waals surface area contributed by atoms with Gasteiger partial charge in [0, 0.05) is 11.4 Å². The lowest BCUT2D eigenvalue weighted by Crippen LogP contribution is -2.34. The fraction of sp³-hybridized carbons (Fsp3) is 0.176. The molecule has 0 heterocycles. The smallest absolute Gasteiger partial charge is 0.226 e. The number of carbonyl (C=O) groups is 1. The topological polar surface area (TPSA) is 50.4 Å². The van der Waals surface area contributed by atoms with E-state index >= 15 is 0 Å². The van der Waals surface area contributed by atoms with Crippen molar-refractivity contribution in [2.24, 2.45) is 0 Å². The molecule has 2 N–H and O–H groups in total. The summed E-state index contributed by atoms with van der Waals surface area (Å²) in [6.45, 7) is 0.459. The molecule has 0 aromatic heterocycles. The lowest BCUT2D eigenvalue weighted by molar-refractivity contribution is -0.119. The van der Waals surface area contributed by atoms with Crippen LogP contribution in [0.1, 0.15) is 12.8 Å². The van der Waals surface area contributed by atoms with Gasteiger partial charge in [-0.25, -0.2) is 0 Å². The van der Waals surface area contributed by atoms with Gasteiger partial charge in [0.05, 0.1) is 17.3 Å². The predicted octanol–water partition coefficient (Wildman–Crippen LogP) is 4.67. The van der Waals surface area contributed by atoms with Crippen LogP contribution in [-0.2, 0) is 4.79 Å². The zero-order valence-corrected chi connectivity index (χ0v) is 15.0. The number of hydrogen-bond acceptors (Lipinski definition) is 3. The highest BCUT2D eigenvalue weighted by molar-refractivity contribution is 7.80. The van der Waals surface area contributed by atoms with Gasteiger partial charge in [0.1, 0.15) is 5.75 Å². The lowest BCUT2D eigenvalue weighted by Gasteiger charge is -2.11. The van der Waals surface area contributed by atoms with Crippen LogP contribution in [0.3, 0.4) is 0 Å². The molecule has 24 heavy (non-hydrogen) atoms. The van der Waals surface area contributed by atoms with E-state index in [-0.39, 0.29) is 11.0 Å². The summed E-state index contributed by atoms with van der Waals surface area (Å²) in [6, 6.07) is 14.4. The van der Waals surface area contributed by atoms with Crippen molar-refractivity contribution in [2.75, 3.05) is 11.9 Å². The molecule has 0 atom stereocenters. The average molecular weight is 383 g/mol. The monoisotopic (exact) mass is 382 g/mol. The molecule has 0 unspecified atom stereocenters. The van der Waals surface area contributed by atoms with E-state index in [0.29, 0.717) is 35.2 Å². The molecule has 0 spiro atoms. The zero-order valence-electron chi connectivity index (χ0n) is 12.7. The Morgan fingerprint density at radius 1 is 1.12 bits per heavy atom. The van der Waals surface area contributed by atoms with E-state index < -0.39 is 0 Å². The first-order valence-corrected chi connectivity index (χ1v) is 8.45. The van der Waals surface area contributed by atoms with Crippen LogP contribution in [-0.4, -0.2) is 17.6 Å². The Morgan fingerprint density at radius 2 is 1.88 bits per heavy atom. The van der Waals surface area contributed by atoms with Gasteiger partial charge in [-0.1, -0.05) is 41.4 Å². The number of halogens is 2. The number of thiocarbonyl (C=S) groups is 1. The molecule has 2 rings (SSSR count). The molecular weight excluding hydrogens is 367 g/mol. The second-order valence-corrected chi connectivity index (χ2v) is 6.14. The molecule has 126 valence electrons. The predicted molar refractivity (Wildman–Crippen MR) is 102 cm³/mol. The highest BCUT2D eigenvalue weighted by Gasteiger charge is 2.07. The minimum Gasteiger partial charge on any atom is -0.494 e. The highest BCUT2D eigenvalue weighted by atomic mass is 35.5. The largest absolute Gasteiger partial charge is 0.494 e. The Labute approximate surface area is 156 Å². The molecule has 2 aromatic carbocycles. The van der Waals surface area contributed by atoms with Crippen LogP contribution < -0.4 is 15.4 Å². The minimum atomic E-state index is -0.186. The van der Waals surface area contributed by atoms with Gasteiger partial charge >= 0.3 is 0 Å². The number of hydrogen-bond donors (Lipinski definition) is 2. The summed E-state index contributed by atoms with van der Waals surface area (Å²) in [5, 5.41) is 6.61. The summed E-state index contributed by atoms with van der Waals surface area (Å²) < 4.78 is 5.53. The third-order valence-corrected chi connectivity index (χ3v) is 3.74. The van der Waals surface area contributed by atoms with Crippen molar-refractivity contribution in [3.8, 4) is 5.75 Å². The van der Waals surface area contributed by atoms with E-state index in [1.54, 1.807) is 18.2 Å². The number of benzene rings is 2. The number of anilines is 1. The first-order valence-electron chi connectivity index (χ1n) is 7.28. The maximum absolute atomic E-state index is 11.8. The minimum absolute atomic E-state index is 0.186. The molecule has 0 saturated carbocycles. The number of rotatable bonds is 6. The zero-order chi connectivity index (χ0) is 17.4. The third-order valence-electron chi connectivity index (χ3n) is 2.99. The van der Waals surface area contributed by atoms with Crippen molar-refractivity contribution in [3.05, 3.63) is 58.6 Å². The quantitative estimate of drug-likeness (QED) is 0.563. The van der Waals surface area contributed by atoms with Crippen LogP contribution in [0.4, 0.5) is 5.69 Å². The fourth-order valence-electron chi connectivity index (χ4n) is 1.87. The molecule has 0 aliphatic heterocycles. The molecule has 0 saturated heterocycles. The lowest BCUT2D eigenvalue weighted by atomic mass is 10.3. The second-order valence-electron chi connectivity index (χ2n) is 4.89. The first-order chi connectivity index (χ1) is 11.5. The van der Waals surface area contributed by atoms with Gasteiger partial charge in [-0.05, 0) is 49.0 Å². The third kappa shape index (κ3) is 6.35. The Morgan fingerprint density at radius 3 is 2.58 bits per heavy atom. The van der Waals surface area contributed by atoms with Gasteiger partial charge < -0.3 is 15.4 Å². The van der Waals surface area contributed by atoms with Gasteiger partial charge in [-0.2, -0.15) is 0 Å². The molecule has 0 aliphatic rings. The van der Waals surface area contributed by atoms with Crippen LogP contribution in [0.2, 0.25) is 10.0 Å². The van der Waals surface area contributed by atoms with Gasteiger partial charge in [0.15, 0.2) is 5.11 Å². The van der Waals surface area contributed by atoms with Crippen molar-refractivity contribution >= 4 is 52.1 Å². The number of para-hydroxylation sites is 1. The Hall–Kier alpha value is -1.82. The van der Waals surface area contributed by atoms with Gasteiger partial charge in [0.25, 0.3) is 0 Å². The molecule has 0 aliphatic carbocycles. The van der Waals surface area contributed by atoms with Crippen molar-refractivity contribution < 1.29 is 9.53 Å². The summed E-state index contributed by atoms with van der Waals surface area (Å²) in [5.41, 5.74) is 0.582. The maximum Gasteiger partial charge on any atom is 0.226 e. The molecule has 4 nitrogen and oxygen atoms in total. The molecule has 0 radical (unpaired) electrons. The van der Waals surface area contributed by atoms with Crippen molar-refractivity contribution in [1.29, 1.82) is 0 Å². The van der Waals surface area contributed by atoms with E-state index in [4.69, 9.17) is 40.2 Å². The van der Waals surface area contributed by atoms with Crippen LogP contribution >= 0.6 is 35.4 Å². The Bertz CT molecular complexity index is 711. The first kappa shape index (κ1) is 18.5. The normalized spacial score (nSPS) is 10.1. The summed E-state index contributed by atoms with van der Waals surface area (Å²) in [4.78, 5) is 11.8. The molecular formula is C17H16Cl2N2O2S. The van der Waals surface area contributed by atoms with Crippen molar-refractivity contribution in [3.63, 3.8) is 0 Å². The van der Waals surface area contributed by atoms with Gasteiger partial charge in [-0.15, -0.1) is 0 Å². The highest BCUT2D eigenvalue weighted by Crippen LogP contribution is 2.25. The number of amides is 1. The molecule has 0 fully saturated rings. The number of nitrogens with one attached hydrogen (secondary N) is 2. The van der Waals surface area contributed by atoms with Gasteiger partial charge in [-0.3, -0.25) is 4.79 Å². The average Bonchev–Trinajstić information content (AvgIpc) is 2.55. The van der Waals surface area contributed by atoms with E-state index in [1.807, 2.05) is 30.3 Å². The maximum atomic E-state index is 11.8. The van der Waals surface area contributed by atoms with Crippen molar-refractivity contribution in [1.82, 2.24) is 5.32 Å². The van der Waals surface area contributed by atoms with Gasteiger partial charge in [0.2, 0.25) is 5.91 Å². The molecule has 7 heteroatoms. The number of carbonyl (C=O) groups excluding carboxylic acids is 1. The van der Waals surface area contributed by atoms with Crippen LogP contribution in [0, 0.1) is 0 Å². The van der Waals surface area contributed by atoms with E-state index in [1.165, 1.54) is 0 Å². The second kappa shape index (κ2) is 9.47. The fourth-order valence-corrected chi connectivity index (χ4v) is 2.55.